The molecule has 0 unspecified atom stereocenters. The van der Waals surface area contributed by atoms with Gasteiger partial charge >= 0.3 is 6.03 Å². The third-order valence-corrected chi connectivity index (χ3v) is 5.73. The number of hydrogen-bond donors (Lipinski definition) is 2. The highest BCUT2D eigenvalue weighted by Crippen LogP contribution is 2.34. The maximum absolute atomic E-state index is 13.1. The van der Waals surface area contributed by atoms with Crippen LogP contribution in [0.1, 0.15) is 12.0 Å². The van der Waals surface area contributed by atoms with Gasteiger partial charge in [-0.1, -0.05) is 36.1 Å². The van der Waals surface area contributed by atoms with Crippen LogP contribution >= 0.6 is 24.0 Å². The summed E-state index contributed by atoms with van der Waals surface area (Å²) in [4.78, 5) is 27.2. The van der Waals surface area contributed by atoms with Crippen LogP contribution < -0.4 is 25.0 Å². The number of thiocarbonyl (C=S) groups is 1. The van der Waals surface area contributed by atoms with E-state index in [1.807, 2.05) is 30.3 Å². The molecular weight excluding hydrogens is 422 g/mol. The minimum Gasteiger partial charge on any atom is -0.497 e. The predicted molar refractivity (Wildman–Crippen MR) is 122 cm³/mol. The molecule has 0 bridgehead atoms. The summed E-state index contributed by atoms with van der Waals surface area (Å²) in [7, 11) is 1.58. The Kier molecular flexibility index (Phi) is 5.91. The number of rotatable bonds is 3. The number of amides is 3. The molecule has 9 heteroatoms. The lowest BCUT2D eigenvalue weighted by Gasteiger charge is -2.23. The number of ether oxygens (including phenoxy) is 2. The van der Waals surface area contributed by atoms with Gasteiger partial charge in [-0.05, 0) is 42.3 Å². The van der Waals surface area contributed by atoms with Gasteiger partial charge in [0.2, 0.25) is 0 Å². The van der Waals surface area contributed by atoms with Gasteiger partial charge in [0, 0.05) is 18.3 Å². The van der Waals surface area contributed by atoms with E-state index in [-0.39, 0.29) is 11.9 Å². The Morgan fingerprint density at radius 2 is 2.20 bits per heavy atom. The van der Waals surface area contributed by atoms with E-state index in [2.05, 4.69) is 10.6 Å². The van der Waals surface area contributed by atoms with E-state index in [9.17, 15) is 9.59 Å². The molecule has 1 saturated heterocycles. The molecule has 154 valence electrons. The van der Waals surface area contributed by atoms with E-state index < -0.39 is 0 Å². The van der Waals surface area contributed by atoms with Crippen LogP contribution in [0.4, 0.5) is 16.2 Å². The molecule has 0 atom stereocenters. The van der Waals surface area contributed by atoms with Gasteiger partial charge in [0.25, 0.3) is 5.91 Å². The molecule has 0 saturated carbocycles. The average Bonchev–Trinajstić information content (AvgIpc) is 2.92. The van der Waals surface area contributed by atoms with Crippen LogP contribution in [-0.4, -0.2) is 36.5 Å². The van der Waals surface area contributed by atoms with Crippen LogP contribution in [-0.2, 0) is 4.79 Å². The quantitative estimate of drug-likeness (QED) is 0.554. The third-order valence-electron chi connectivity index (χ3n) is 4.56. The normalized spacial score (nSPS) is 17.1. The van der Waals surface area contributed by atoms with Crippen LogP contribution in [0.5, 0.6) is 11.5 Å². The van der Waals surface area contributed by atoms with Gasteiger partial charge in [0.05, 0.1) is 24.3 Å². The first-order chi connectivity index (χ1) is 14.5. The Labute approximate surface area is 183 Å². The molecule has 0 aromatic heterocycles. The van der Waals surface area contributed by atoms with E-state index in [0.717, 1.165) is 5.56 Å². The van der Waals surface area contributed by atoms with Crippen molar-refractivity contribution in [2.45, 2.75) is 6.42 Å². The molecule has 0 radical (unpaired) electrons. The van der Waals surface area contributed by atoms with Gasteiger partial charge in [0.1, 0.15) is 15.8 Å². The molecule has 7 nitrogen and oxygen atoms in total. The van der Waals surface area contributed by atoms with Gasteiger partial charge in [-0.25, -0.2) is 4.79 Å². The maximum Gasteiger partial charge on any atom is 0.326 e. The van der Waals surface area contributed by atoms with E-state index in [1.165, 1.54) is 11.8 Å². The first-order valence-corrected chi connectivity index (χ1v) is 10.5. The summed E-state index contributed by atoms with van der Waals surface area (Å²) in [5, 5.41) is 5.51. The molecular formula is C21H19N3O4S2. The number of nitrogens with one attached hydrogen (secondary N) is 2. The van der Waals surface area contributed by atoms with Gasteiger partial charge in [-0.2, -0.15) is 0 Å². The van der Waals surface area contributed by atoms with Crippen LogP contribution in [0.2, 0.25) is 0 Å². The highest BCUT2D eigenvalue weighted by molar-refractivity contribution is 8.26. The lowest BCUT2D eigenvalue weighted by Crippen LogP contribution is -2.35. The SMILES string of the molecule is COc1cccc(NC(=O)N2CCCOc3ccc(C=C4SC(=S)NC4=O)cc32)c1. The third kappa shape index (κ3) is 4.42. The van der Waals surface area contributed by atoms with Crippen LogP contribution in [0.15, 0.2) is 47.4 Å². The van der Waals surface area contributed by atoms with Crippen molar-refractivity contribution in [3.05, 3.63) is 52.9 Å². The van der Waals surface area contributed by atoms with Crippen molar-refractivity contribution in [3.8, 4) is 11.5 Å². The largest absolute Gasteiger partial charge is 0.497 e. The smallest absolute Gasteiger partial charge is 0.326 e. The Balaban J connectivity index is 1.62. The number of thioether (sulfide) groups is 1. The number of anilines is 2. The second-order valence-corrected chi connectivity index (χ2v) is 8.31. The molecule has 0 spiro atoms. The molecule has 30 heavy (non-hydrogen) atoms. The minimum absolute atomic E-state index is 0.219. The van der Waals surface area contributed by atoms with E-state index in [0.29, 0.717) is 51.7 Å². The fourth-order valence-corrected chi connectivity index (χ4v) is 4.20. The van der Waals surface area contributed by atoms with Gasteiger partial charge in [-0.15, -0.1) is 0 Å². The summed E-state index contributed by atoms with van der Waals surface area (Å²) in [5.74, 6) is 1.06. The zero-order valence-electron chi connectivity index (χ0n) is 16.1. The maximum atomic E-state index is 13.1. The van der Waals surface area contributed by atoms with Crippen LogP contribution in [0, 0.1) is 0 Å². The number of urea groups is 1. The minimum atomic E-state index is -0.269. The number of carbonyl (C=O) groups is 2. The van der Waals surface area contributed by atoms with Crippen LogP contribution in [0.25, 0.3) is 6.08 Å². The molecule has 2 aliphatic heterocycles. The Morgan fingerprint density at radius 1 is 1.33 bits per heavy atom. The predicted octanol–water partition coefficient (Wildman–Crippen LogP) is 4.01. The second kappa shape index (κ2) is 8.76. The van der Waals surface area contributed by atoms with E-state index >= 15 is 0 Å². The fraction of sp³-hybridized carbons (Fsp3) is 0.190. The molecule has 3 amide bonds. The zero-order valence-corrected chi connectivity index (χ0v) is 17.8. The molecule has 0 aliphatic carbocycles. The average molecular weight is 442 g/mol. The van der Waals surface area contributed by atoms with Crippen molar-refractivity contribution in [2.24, 2.45) is 0 Å². The monoisotopic (exact) mass is 441 g/mol. The summed E-state index contributed by atoms with van der Waals surface area (Å²) < 4.78 is 11.5. The van der Waals surface area contributed by atoms with Crippen molar-refractivity contribution >= 4 is 57.7 Å². The Hall–Kier alpha value is -3.04. The Bertz CT molecular complexity index is 1050. The van der Waals surface area contributed by atoms with Crippen molar-refractivity contribution in [3.63, 3.8) is 0 Å². The lowest BCUT2D eigenvalue weighted by atomic mass is 10.1. The molecule has 4 rings (SSSR count). The first-order valence-electron chi connectivity index (χ1n) is 9.28. The summed E-state index contributed by atoms with van der Waals surface area (Å²) in [6.07, 6.45) is 2.45. The van der Waals surface area contributed by atoms with E-state index in [1.54, 1.807) is 30.2 Å². The molecule has 1 fully saturated rings. The topological polar surface area (TPSA) is 79.9 Å². The Morgan fingerprint density at radius 3 is 2.97 bits per heavy atom. The number of fused-ring (bicyclic) bond motifs is 1. The molecule has 2 aromatic carbocycles. The molecule has 2 aliphatic rings. The van der Waals surface area contributed by atoms with Crippen molar-refractivity contribution in [1.29, 1.82) is 0 Å². The van der Waals surface area contributed by atoms with Gasteiger partial charge < -0.3 is 20.1 Å². The number of hydrogen-bond acceptors (Lipinski definition) is 6. The van der Waals surface area contributed by atoms with E-state index in [4.69, 9.17) is 21.7 Å². The second-order valence-electron chi connectivity index (χ2n) is 6.60. The van der Waals surface area contributed by atoms with Gasteiger partial charge in [0.15, 0.2) is 0 Å². The first kappa shape index (κ1) is 20.2. The highest BCUT2D eigenvalue weighted by Gasteiger charge is 2.25. The number of carbonyl (C=O) groups excluding carboxylic acids is 2. The van der Waals surface area contributed by atoms with Crippen molar-refractivity contribution in [1.82, 2.24) is 5.32 Å². The number of nitrogens with zero attached hydrogens (tertiary/aromatic N) is 1. The fourth-order valence-electron chi connectivity index (χ4n) is 3.16. The van der Waals surface area contributed by atoms with Gasteiger partial charge in [-0.3, -0.25) is 9.69 Å². The van der Waals surface area contributed by atoms with Crippen LogP contribution in [0.3, 0.4) is 0 Å². The van der Waals surface area contributed by atoms with Crippen molar-refractivity contribution in [2.75, 3.05) is 30.5 Å². The number of benzene rings is 2. The summed E-state index contributed by atoms with van der Waals surface area (Å²) >= 11 is 6.26. The highest BCUT2D eigenvalue weighted by atomic mass is 32.2. The standard InChI is InChI=1S/C21H19N3O4S2/c1-27-15-5-2-4-14(12-15)22-20(26)24-8-3-9-28-17-7-6-13(10-16(17)24)11-18-19(25)23-21(29)30-18/h2,4-7,10-12H,3,8-9H2,1H3,(H,22,26)(H,23,25,29). The summed E-state index contributed by atoms with van der Waals surface area (Å²) in [6.45, 7) is 1.02. The molecule has 2 aromatic rings. The zero-order chi connectivity index (χ0) is 21.1. The molecule has 2 heterocycles. The number of methoxy groups -OCH3 is 1. The summed E-state index contributed by atoms with van der Waals surface area (Å²) in [6, 6.07) is 12.4. The molecule has 2 N–H and O–H groups in total. The van der Waals surface area contributed by atoms with Crippen molar-refractivity contribution < 1.29 is 19.1 Å². The summed E-state index contributed by atoms with van der Waals surface area (Å²) in [5.41, 5.74) is 2.06. The lowest BCUT2D eigenvalue weighted by molar-refractivity contribution is -0.115.